The van der Waals surface area contributed by atoms with Gasteiger partial charge in [0, 0.05) is 11.6 Å². The maximum atomic E-state index is 12.9. The fourth-order valence-corrected chi connectivity index (χ4v) is 1.42. The lowest BCUT2D eigenvalue weighted by Crippen LogP contribution is -2.12. The molecule has 0 saturated carbocycles. The number of hydrogen-bond donors (Lipinski definition) is 2. The van der Waals surface area contributed by atoms with Crippen molar-refractivity contribution in [2.45, 2.75) is 0 Å². The van der Waals surface area contributed by atoms with Gasteiger partial charge in [-0.15, -0.1) is 0 Å². The number of nitrogens with two attached hydrogens (primary N) is 1. The van der Waals surface area contributed by atoms with E-state index in [0.717, 1.165) is 0 Å². The lowest BCUT2D eigenvalue weighted by atomic mass is 10.2. The molecule has 0 heterocycles. The normalized spacial score (nSPS) is 11.3. The minimum absolute atomic E-state index is 0.0207. The van der Waals surface area contributed by atoms with Crippen LogP contribution in [0.4, 0.5) is 4.39 Å². The predicted octanol–water partition coefficient (Wildman–Crippen LogP) is 2.71. The fourth-order valence-electron chi connectivity index (χ4n) is 1.42. The molecule has 0 spiro atoms. The zero-order valence-electron chi connectivity index (χ0n) is 9.38. The Kier molecular flexibility index (Phi) is 3.43. The maximum absolute atomic E-state index is 12.9. The Hall–Kier alpha value is -2.56. The van der Waals surface area contributed by atoms with Crippen molar-refractivity contribution < 1.29 is 14.3 Å². The molecular formula is C13H11FN2O2. The molecule has 0 saturated heterocycles. The Morgan fingerprint density at radius 1 is 1.11 bits per heavy atom. The molecule has 0 aliphatic rings. The topological polar surface area (TPSA) is 67.8 Å². The van der Waals surface area contributed by atoms with Crippen molar-refractivity contribution in [3.05, 3.63) is 59.9 Å². The predicted molar refractivity (Wildman–Crippen MR) is 65.4 cm³/mol. The van der Waals surface area contributed by atoms with Crippen LogP contribution in [-0.2, 0) is 0 Å². The number of benzene rings is 2. The lowest BCUT2D eigenvalue weighted by molar-refractivity contribution is 0.318. The van der Waals surface area contributed by atoms with E-state index in [1.54, 1.807) is 36.4 Å². The molecule has 0 aliphatic heterocycles. The van der Waals surface area contributed by atoms with Crippen LogP contribution in [0, 0.1) is 5.82 Å². The first-order chi connectivity index (χ1) is 8.69. The average Bonchev–Trinajstić information content (AvgIpc) is 2.39. The summed E-state index contributed by atoms with van der Waals surface area (Å²) in [5.74, 6) is 0.606. The van der Waals surface area contributed by atoms with Crippen molar-refractivity contribution in [2.24, 2.45) is 10.9 Å². The molecule has 2 aromatic carbocycles. The van der Waals surface area contributed by atoms with Gasteiger partial charge < -0.3 is 15.7 Å². The van der Waals surface area contributed by atoms with Crippen LogP contribution in [0.5, 0.6) is 11.5 Å². The maximum Gasteiger partial charge on any atom is 0.170 e. The first kappa shape index (κ1) is 11.9. The monoisotopic (exact) mass is 246 g/mol. The number of oxime groups is 1. The third-order valence-corrected chi connectivity index (χ3v) is 2.29. The molecule has 0 unspecified atom stereocenters. The molecule has 92 valence electrons. The number of ether oxygens (including phenoxy) is 1. The summed E-state index contributed by atoms with van der Waals surface area (Å²) in [6.45, 7) is 0. The summed E-state index contributed by atoms with van der Waals surface area (Å²) in [5, 5.41) is 11.4. The van der Waals surface area contributed by atoms with E-state index in [0.29, 0.717) is 17.1 Å². The van der Waals surface area contributed by atoms with Crippen LogP contribution in [0.2, 0.25) is 0 Å². The Bertz CT molecular complexity index is 567. The van der Waals surface area contributed by atoms with Gasteiger partial charge >= 0.3 is 0 Å². The quantitative estimate of drug-likeness (QED) is 0.378. The Labute approximate surface area is 103 Å². The number of halogens is 1. The first-order valence-electron chi connectivity index (χ1n) is 5.20. The van der Waals surface area contributed by atoms with Gasteiger partial charge in [0.25, 0.3) is 0 Å². The second-order valence-electron chi connectivity index (χ2n) is 3.57. The Balaban J connectivity index is 2.16. The molecule has 4 nitrogen and oxygen atoms in total. The Morgan fingerprint density at radius 3 is 2.44 bits per heavy atom. The highest BCUT2D eigenvalue weighted by molar-refractivity contribution is 5.97. The minimum atomic E-state index is -0.360. The van der Waals surface area contributed by atoms with Gasteiger partial charge in [0.05, 0.1) is 0 Å². The molecule has 0 atom stereocenters. The van der Waals surface area contributed by atoms with Crippen molar-refractivity contribution in [1.82, 2.24) is 0 Å². The zero-order chi connectivity index (χ0) is 13.0. The van der Waals surface area contributed by atoms with Crippen molar-refractivity contribution in [1.29, 1.82) is 0 Å². The third-order valence-electron chi connectivity index (χ3n) is 2.29. The highest BCUT2D eigenvalue weighted by atomic mass is 19.1. The summed E-state index contributed by atoms with van der Waals surface area (Å²) >= 11 is 0. The van der Waals surface area contributed by atoms with E-state index in [9.17, 15) is 4.39 Å². The molecule has 0 fully saturated rings. The van der Waals surface area contributed by atoms with E-state index < -0.39 is 0 Å². The molecular weight excluding hydrogens is 235 g/mol. The summed E-state index contributed by atoms with van der Waals surface area (Å²) in [7, 11) is 0. The largest absolute Gasteiger partial charge is 0.457 e. The molecule has 0 aromatic heterocycles. The summed E-state index contributed by atoms with van der Waals surface area (Å²) in [6.07, 6.45) is 0. The highest BCUT2D eigenvalue weighted by Crippen LogP contribution is 2.22. The van der Waals surface area contributed by atoms with Crippen LogP contribution < -0.4 is 10.5 Å². The first-order valence-corrected chi connectivity index (χ1v) is 5.20. The van der Waals surface area contributed by atoms with Gasteiger partial charge in [-0.3, -0.25) is 0 Å². The van der Waals surface area contributed by atoms with Crippen LogP contribution in [0.3, 0.4) is 0 Å². The van der Waals surface area contributed by atoms with Gasteiger partial charge in [-0.05, 0) is 36.4 Å². The van der Waals surface area contributed by atoms with Gasteiger partial charge in [-0.1, -0.05) is 11.2 Å². The zero-order valence-corrected chi connectivity index (χ0v) is 9.38. The van der Waals surface area contributed by atoms with Gasteiger partial charge in [-0.25, -0.2) is 4.39 Å². The van der Waals surface area contributed by atoms with Crippen LogP contribution >= 0.6 is 0 Å². The van der Waals surface area contributed by atoms with Crippen LogP contribution in [0.15, 0.2) is 53.7 Å². The number of nitrogens with zero attached hydrogens (tertiary/aromatic N) is 1. The van der Waals surface area contributed by atoms with Gasteiger partial charge in [0.1, 0.15) is 17.3 Å². The second kappa shape index (κ2) is 5.18. The third kappa shape index (κ3) is 2.76. The van der Waals surface area contributed by atoms with E-state index in [4.69, 9.17) is 15.7 Å². The molecule has 2 rings (SSSR count). The molecule has 0 radical (unpaired) electrons. The van der Waals surface area contributed by atoms with Crippen molar-refractivity contribution in [3.63, 3.8) is 0 Å². The van der Waals surface area contributed by atoms with E-state index in [2.05, 4.69) is 5.16 Å². The average molecular weight is 246 g/mol. The molecule has 2 aromatic rings. The SMILES string of the molecule is N/C(=N\O)c1ccc(Oc2cccc(F)c2)cc1. The molecule has 18 heavy (non-hydrogen) atoms. The van der Waals surface area contributed by atoms with E-state index >= 15 is 0 Å². The summed E-state index contributed by atoms with van der Waals surface area (Å²) in [6, 6.07) is 12.4. The summed E-state index contributed by atoms with van der Waals surface area (Å²) in [4.78, 5) is 0. The number of rotatable bonds is 3. The minimum Gasteiger partial charge on any atom is -0.457 e. The Morgan fingerprint density at radius 2 is 1.83 bits per heavy atom. The van der Waals surface area contributed by atoms with Gasteiger partial charge in [0.2, 0.25) is 0 Å². The van der Waals surface area contributed by atoms with Crippen LogP contribution in [0.1, 0.15) is 5.56 Å². The summed E-state index contributed by atoms with van der Waals surface area (Å²) < 4.78 is 18.4. The fraction of sp³-hybridized carbons (Fsp3) is 0. The highest BCUT2D eigenvalue weighted by Gasteiger charge is 2.01. The van der Waals surface area contributed by atoms with Gasteiger partial charge in [0.15, 0.2) is 5.84 Å². The van der Waals surface area contributed by atoms with Crippen molar-refractivity contribution >= 4 is 5.84 Å². The molecule has 0 amide bonds. The van der Waals surface area contributed by atoms with E-state index in [-0.39, 0.29) is 11.7 Å². The lowest BCUT2D eigenvalue weighted by Gasteiger charge is -2.06. The van der Waals surface area contributed by atoms with E-state index in [1.165, 1.54) is 12.1 Å². The van der Waals surface area contributed by atoms with Crippen molar-refractivity contribution in [2.75, 3.05) is 0 Å². The van der Waals surface area contributed by atoms with Crippen LogP contribution in [-0.4, -0.2) is 11.0 Å². The number of amidine groups is 1. The standard InChI is InChI=1S/C13H11FN2O2/c14-10-2-1-3-12(8-10)18-11-6-4-9(5-7-11)13(15)16-17/h1-8,17H,(H2,15,16). The van der Waals surface area contributed by atoms with Crippen molar-refractivity contribution in [3.8, 4) is 11.5 Å². The smallest absolute Gasteiger partial charge is 0.170 e. The molecule has 3 N–H and O–H groups in total. The summed E-state index contributed by atoms with van der Waals surface area (Å²) in [5.41, 5.74) is 6.00. The van der Waals surface area contributed by atoms with E-state index in [1.807, 2.05) is 0 Å². The molecule has 5 heteroatoms. The van der Waals surface area contributed by atoms with Gasteiger partial charge in [-0.2, -0.15) is 0 Å². The molecule has 0 bridgehead atoms. The number of hydrogen-bond acceptors (Lipinski definition) is 3. The molecule has 0 aliphatic carbocycles. The second-order valence-corrected chi connectivity index (χ2v) is 3.57. The van der Waals surface area contributed by atoms with Crippen LogP contribution in [0.25, 0.3) is 0 Å².